The maximum Gasteiger partial charge on any atom is 0.240 e. The third-order valence-corrected chi connectivity index (χ3v) is 8.14. The van der Waals surface area contributed by atoms with Crippen molar-refractivity contribution in [2.75, 3.05) is 18.4 Å². The number of piperazine rings is 1. The van der Waals surface area contributed by atoms with Crippen LogP contribution < -0.4 is 5.32 Å². The van der Waals surface area contributed by atoms with E-state index in [1.807, 2.05) is 43.2 Å². The van der Waals surface area contributed by atoms with E-state index in [1.165, 1.54) is 6.07 Å². The molecule has 3 aliphatic rings. The first kappa shape index (κ1) is 26.2. The second kappa shape index (κ2) is 9.88. The fraction of sp³-hybridized carbons (Fsp3) is 0.414. The Morgan fingerprint density at radius 1 is 1.07 bits per heavy atom. The molecule has 0 radical (unpaired) electrons. The minimum Gasteiger partial charge on any atom is -0.333 e. The van der Waals surface area contributed by atoms with Crippen molar-refractivity contribution in [1.82, 2.24) is 34.3 Å². The summed E-state index contributed by atoms with van der Waals surface area (Å²) in [6.07, 6.45) is 3.72. The van der Waals surface area contributed by atoms with Crippen molar-refractivity contribution in [1.29, 1.82) is 0 Å². The van der Waals surface area contributed by atoms with Crippen molar-refractivity contribution in [3.05, 3.63) is 59.7 Å². The van der Waals surface area contributed by atoms with Crippen molar-refractivity contribution in [2.24, 2.45) is 0 Å². The Kier molecular flexibility index (Phi) is 6.48. The van der Waals surface area contributed by atoms with E-state index >= 15 is 0 Å². The minimum absolute atomic E-state index is 0.00550. The van der Waals surface area contributed by atoms with Crippen molar-refractivity contribution in [3.8, 4) is 11.3 Å². The number of halogens is 2. The van der Waals surface area contributed by atoms with Gasteiger partial charge in [0.1, 0.15) is 22.9 Å². The fourth-order valence-corrected chi connectivity index (χ4v) is 6.11. The molecule has 2 bridgehead atoms. The van der Waals surface area contributed by atoms with E-state index < -0.39 is 11.6 Å². The maximum absolute atomic E-state index is 15.0. The number of fused-ring (bicyclic) bond motifs is 3. The van der Waals surface area contributed by atoms with Gasteiger partial charge < -0.3 is 14.8 Å². The highest BCUT2D eigenvalue weighted by Crippen LogP contribution is 2.37. The molecule has 3 aliphatic heterocycles. The van der Waals surface area contributed by atoms with Crippen molar-refractivity contribution >= 4 is 28.7 Å². The first-order valence-corrected chi connectivity index (χ1v) is 13.7. The van der Waals surface area contributed by atoms with Crippen molar-refractivity contribution < 1.29 is 13.6 Å². The van der Waals surface area contributed by atoms with Crippen LogP contribution in [0.25, 0.3) is 22.3 Å². The van der Waals surface area contributed by atoms with Crippen LogP contribution in [0.2, 0.25) is 0 Å². The summed E-state index contributed by atoms with van der Waals surface area (Å²) < 4.78 is 31.8. The zero-order valence-electron chi connectivity index (χ0n) is 23.2. The summed E-state index contributed by atoms with van der Waals surface area (Å²) >= 11 is 0. The number of likely N-dealkylation sites (N-methyl/N-ethyl adjacent to an activating group) is 1. The Bertz CT molecular complexity index is 1600. The van der Waals surface area contributed by atoms with Gasteiger partial charge in [-0.25, -0.2) is 28.7 Å². The summed E-state index contributed by atoms with van der Waals surface area (Å²) in [5.74, 6) is 0.242. The maximum atomic E-state index is 15.0. The van der Waals surface area contributed by atoms with E-state index in [9.17, 15) is 13.6 Å². The third kappa shape index (κ3) is 4.28. The van der Waals surface area contributed by atoms with Gasteiger partial charge in [-0.1, -0.05) is 13.0 Å². The van der Waals surface area contributed by atoms with E-state index in [4.69, 9.17) is 0 Å². The summed E-state index contributed by atoms with van der Waals surface area (Å²) in [5, 5.41) is 3.01. The SMILES string of the molecule is CCN1C2CC1C(=O)N([C@H](C)c1ccc(Nc3ncc(F)c(-c4cc(F)c5nc(C)n(C(C)C)c5c4)n3)nc1)C2. The van der Waals surface area contributed by atoms with Gasteiger partial charge in [-0.3, -0.25) is 9.69 Å². The first-order valence-electron chi connectivity index (χ1n) is 13.7. The summed E-state index contributed by atoms with van der Waals surface area (Å²) in [4.78, 5) is 34.4. The van der Waals surface area contributed by atoms with Crippen LogP contribution in [0.3, 0.4) is 0 Å². The molecule has 0 spiro atoms. The van der Waals surface area contributed by atoms with E-state index in [0.717, 1.165) is 31.3 Å². The van der Waals surface area contributed by atoms with E-state index in [2.05, 4.69) is 37.1 Å². The Hall–Kier alpha value is -3.99. The minimum atomic E-state index is -0.667. The predicted octanol–water partition coefficient (Wildman–Crippen LogP) is 5.17. The number of nitrogens with zero attached hydrogens (tertiary/aromatic N) is 7. The molecule has 4 aromatic rings. The summed E-state index contributed by atoms with van der Waals surface area (Å²) in [5.41, 5.74) is 2.00. The average Bonchev–Trinajstić information content (AvgIpc) is 3.26. The van der Waals surface area contributed by atoms with E-state index in [0.29, 0.717) is 23.2 Å². The third-order valence-electron chi connectivity index (χ3n) is 8.14. The summed E-state index contributed by atoms with van der Waals surface area (Å²) in [6.45, 7) is 11.5. The lowest BCUT2D eigenvalue weighted by Crippen LogP contribution is -2.71. The molecule has 40 heavy (non-hydrogen) atoms. The molecule has 3 atom stereocenters. The first-order chi connectivity index (χ1) is 19.2. The van der Waals surface area contributed by atoms with Crippen molar-refractivity contribution in [3.63, 3.8) is 0 Å². The number of carbonyl (C=O) groups excluding carboxylic acids is 1. The number of benzene rings is 1. The molecule has 208 valence electrons. The van der Waals surface area contributed by atoms with E-state index in [-0.39, 0.29) is 46.8 Å². The van der Waals surface area contributed by atoms with E-state index in [1.54, 1.807) is 18.3 Å². The highest BCUT2D eigenvalue weighted by molar-refractivity contribution is 5.85. The molecule has 7 rings (SSSR count). The molecule has 1 N–H and O–H groups in total. The number of pyridine rings is 1. The Labute approximate surface area is 231 Å². The molecule has 1 amide bonds. The summed E-state index contributed by atoms with van der Waals surface area (Å²) in [7, 11) is 0. The molecule has 2 unspecified atom stereocenters. The molecule has 9 nitrogen and oxygen atoms in total. The number of rotatable bonds is 7. The van der Waals surface area contributed by atoms with Gasteiger partial charge in [0.25, 0.3) is 0 Å². The Morgan fingerprint density at radius 2 is 1.88 bits per heavy atom. The van der Waals surface area contributed by atoms with Gasteiger partial charge in [0.05, 0.1) is 23.8 Å². The van der Waals surface area contributed by atoms with Gasteiger partial charge in [0.15, 0.2) is 11.6 Å². The number of imidazole rings is 1. The van der Waals surface area contributed by atoms with Crippen LogP contribution in [-0.4, -0.2) is 65.4 Å². The molecule has 0 aliphatic carbocycles. The van der Waals surface area contributed by atoms with Gasteiger partial charge in [-0.15, -0.1) is 0 Å². The van der Waals surface area contributed by atoms with Crippen LogP contribution in [-0.2, 0) is 4.79 Å². The zero-order valence-corrected chi connectivity index (χ0v) is 23.2. The molecule has 3 fully saturated rings. The standard InChI is InChI=1S/C29H32F2N8O/c1-6-37-20-11-24(37)28(40)38(14-20)16(4)18-7-8-25(32-12-18)35-29-33-13-22(31)26(36-29)19-9-21(30)27-23(10-19)39(15(2)3)17(5)34-27/h7-10,12-13,15-16,20,24H,6,11,14H2,1-5H3,(H,32,33,35,36)/t16-,20?,24?/m1/s1. The number of hydrogen-bond acceptors (Lipinski definition) is 7. The molecule has 0 saturated carbocycles. The van der Waals surface area contributed by atoms with Crippen LogP contribution in [0.15, 0.2) is 36.7 Å². The second-order valence-electron chi connectivity index (χ2n) is 10.8. The molecule has 3 saturated heterocycles. The zero-order chi connectivity index (χ0) is 28.3. The largest absolute Gasteiger partial charge is 0.333 e. The Balaban J connectivity index is 1.22. The number of hydrogen-bond donors (Lipinski definition) is 1. The number of nitrogens with one attached hydrogen (secondary N) is 1. The number of anilines is 2. The molecular formula is C29H32F2N8O. The van der Waals surface area contributed by atoms with Crippen LogP contribution >= 0.6 is 0 Å². The normalized spacial score (nSPS) is 19.8. The quantitative estimate of drug-likeness (QED) is 0.342. The molecule has 11 heteroatoms. The Morgan fingerprint density at radius 3 is 2.55 bits per heavy atom. The van der Waals surface area contributed by atoms with Crippen LogP contribution in [0, 0.1) is 18.6 Å². The van der Waals surface area contributed by atoms with Gasteiger partial charge in [0, 0.05) is 30.4 Å². The van der Waals surface area contributed by atoms with Gasteiger partial charge in [-0.05, 0) is 64.4 Å². The number of aryl methyl sites for hydroxylation is 1. The van der Waals surface area contributed by atoms with Crippen LogP contribution in [0.1, 0.15) is 57.6 Å². The van der Waals surface area contributed by atoms with Gasteiger partial charge >= 0.3 is 0 Å². The fourth-order valence-electron chi connectivity index (χ4n) is 6.11. The highest BCUT2D eigenvalue weighted by Gasteiger charge is 2.50. The lowest BCUT2D eigenvalue weighted by molar-refractivity contribution is -0.162. The van der Waals surface area contributed by atoms with Crippen LogP contribution in [0.5, 0.6) is 0 Å². The molecular weight excluding hydrogens is 514 g/mol. The monoisotopic (exact) mass is 546 g/mol. The van der Waals surface area contributed by atoms with Crippen molar-refractivity contribution in [2.45, 2.75) is 65.2 Å². The smallest absolute Gasteiger partial charge is 0.240 e. The second-order valence-corrected chi connectivity index (χ2v) is 10.8. The number of aromatic nitrogens is 5. The number of amides is 1. The lowest BCUT2D eigenvalue weighted by Gasteiger charge is -2.56. The average molecular weight is 547 g/mol. The molecule has 1 aromatic carbocycles. The molecule has 6 heterocycles. The number of piperidine rings is 1. The summed E-state index contributed by atoms with van der Waals surface area (Å²) in [6, 6.07) is 7.01. The van der Waals surface area contributed by atoms with Gasteiger partial charge in [0.2, 0.25) is 11.9 Å². The number of carbonyl (C=O) groups is 1. The lowest BCUT2D eigenvalue weighted by atomic mass is 9.85. The molecule has 3 aromatic heterocycles. The highest BCUT2D eigenvalue weighted by atomic mass is 19.1. The predicted molar refractivity (Wildman–Crippen MR) is 148 cm³/mol. The topological polar surface area (TPSA) is 92.1 Å². The van der Waals surface area contributed by atoms with Gasteiger partial charge in [-0.2, -0.15) is 0 Å². The van der Waals surface area contributed by atoms with Crippen LogP contribution in [0.4, 0.5) is 20.5 Å².